The SMILES string of the molecule is CCOC(=O)C1CCCN(C(=NC)NCc2nc(-c3ccc(Cl)cc3)no2)C1.I. The van der Waals surface area contributed by atoms with Crippen LogP contribution in [0.5, 0.6) is 0 Å². The number of benzene rings is 1. The number of esters is 1. The Balaban J connectivity index is 0.00000300. The highest BCUT2D eigenvalue weighted by atomic mass is 127. The molecule has 1 unspecified atom stereocenters. The molecule has 1 aliphatic heterocycles. The van der Waals surface area contributed by atoms with E-state index >= 15 is 0 Å². The van der Waals surface area contributed by atoms with Crippen molar-refractivity contribution in [2.45, 2.75) is 26.3 Å². The maximum absolute atomic E-state index is 12.0. The van der Waals surface area contributed by atoms with Gasteiger partial charge in [-0.25, -0.2) is 0 Å². The Hall–Kier alpha value is -1.88. The molecule has 2 aromatic rings. The Morgan fingerprint density at radius 1 is 1.41 bits per heavy atom. The number of likely N-dealkylation sites (tertiary alicyclic amines) is 1. The highest BCUT2D eigenvalue weighted by Gasteiger charge is 2.28. The van der Waals surface area contributed by atoms with Crippen LogP contribution in [0.25, 0.3) is 11.4 Å². The number of ether oxygens (including phenoxy) is 1. The van der Waals surface area contributed by atoms with Crippen molar-refractivity contribution in [3.8, 4) is 11.4 Å². The molecule has 1 aliphatic rings. The lowest BCUT2D eigenvalue weighted by Crippen LogP contribution is -2.48. The van der Waals surface area contributed by atoms with E-state index in [9.17, 15) is 4.79 Å². The summed E-state index contributed by atoms with van der Waals surface area (Å²) in [4.78, 5) is 22.8. The molecule has 8 nitrogen and oxygen atoms in total. The average molecular weight is 534 g/mol. The number of nitrogens with zero attached hydrogens (tertiary/aromatic N) is 4. The van der Waals surface area contributed by atoms with Gasteiger partial charge in [0, 0.05) is 30.7 Å². The van der Waals surface area contributed by atoms with E-state index in [1.54, 1.807) is 19.2 Å². The van der Waals surface area contributed by atoms with Crippen LogP contribution in [0.3, 0.4) is 0 Å². The van der Waals surface area contributed by atoms with Gasteiger partial charge in [-0.1, -0.05) is 16.8 Å². The van der Waals surface area contributed by atoms with Gasteiger partial charge in [-0.15, -0.1) is 24.0 Å². The second-order valence-electron chi connectivity index (χ2n) is 6.46. The fourth-order valence-electron chi connectivity index (χ4n) is 3.15. The zero-order chi connectivity index (χ0) is 19.9. The van der Waals surface area contributed by atoms with Gasteiger partial charge in [-0.3, -0.25) is 9.79 Å². The predicted octanol–water partition coefficient (Wildman–Crippen LogP) is 3.36. The van der Waals surface area contributed by atoms with Gasteiger partial charge in [0.25, 0.3) is 0 Å². The van der Waals surface area contributed by atoms with Gasteiger partial charge in [0.2, 0.25) is 11.7 Å². The van der Waals surface area contributed by atoms with Gasteiger partial charge in [0.15, 0.2) is 5.96 Å². The smallest absolute Gasteiger partial charge is 0.310 e. The first-order valence-electron chi connectivity index (χ1n) is 9.31. The summed E-state index contributed by atoms with van der Waals surface area (Å²) >= 11 is 5.90. The van der Waals surface area contributed by atoms with Gasteiger partial charge in [0.05, 0.1) is 19.1 Å². The Labute approximate surface area is 192 Å². The summed E-state index contributed by atoms with van der Waals surface area (Å²) in [6, 6.07) is 7.24. The van der Waals surface area contributed by atoms with Crippen LogP contribution in [0, 0.1) is 5.92 Å². The van der Waals surface area contributed by atoms with Crippen LogP contribution < -0.4 is 5.32 Å². The van der Waals surface area contributed by atoms with E-state index in [-0.39, 0.29) is 35.9 Å². The Bertz CT molecular complexity index is 828. The summed E-state index contributed by atoms with van der Waals surface area (Å²) in [7, 11) is 1.71. The molecule has 3 rings (SSSR count). The highest BCUT2D eigenvalue weighted by Crippen LogP contribution is 2.20. The quantitative estimate of drug-likeness (QED) is 0.273. The monoisotopic (exact) mass is 533 g/mol. The molecule has 1 N–H and O–H groups in total. The van der Waals surface area contributed by atoms with E-state index in [1.165, 1.54) is 0 Å². The van der Waals surface area contributed by atoms with Crippen molar-refractivity contribution in [1.82, 2.24) is 20.4 Å². The standard InChI is InChI=1S/C19H24ClN5O3.HI/c1-3-27-18(26)14-5-4-10-25(12-14)19(21-2)22-11-16-23-17(24-28-16)13-6-8-15(20)9-7-13;/h6-9,14H,3-5,10-12H2,1-2H3,(H,21,22);1H. The predicted molar refractivity (Wildman–Crippen MR) is 121 cm³/mol. The number of aromatic nitrogens is 2. The molecule has 10 heteroatoms. The highest BCUT2D eigenvalue weighted by molar-refractivity contribution is 14.0. The fraction of sp³-hybridized carbons (Fsp3) is 0.474. The minimum Gasteiger partial charge on any atom is -0.466 e. The third-order valence-corrected chi connectivity index (χ3v) is 4.77. The zero-order valence-electron chi connectivity index (χ0n) is 16.4. The normalized spacial score (nSPS) is 16.9. The molecule has 0 saturated carbocycles. The topological polar surface area (TPSA) is 92.8 Å². The van der Waals surface area contributed by atoms with E-state index < -0.39 is 0 Å². The van der Waals surface area contributed by atoms with E-state index in [0.717, 1.165) is 24.9 Å². The van der Waals surface area contributed by atoms with Crippen molar-refractivity contribution in [3.05, 3.63) is 35.2 Å². The second kappa shape index (κ2) is 11.3. The van der Waals surface area contributed by atoms with E-state index in [1.807, 2.05) is 19.1 Å². The van der Waals surface area contributed by atoms with E-state index in [2.05, 4.69) is 25.3 Å². The molecular weight excluding hydrogens is 509 g/mol. The number of aliphatic imine (C=N–C) groups is 1. The van der Waals surface area contributed by atoms with Crippen LogP contribution in [-0.4, -0.2) is 53.7 Å². The maximum Gasteiger partial charge on any atom is 0.310 e. The lowest BCUT2D eigenvalue weighted by molar-refractivity contribution is -0.149. The summed E-state index contributed by atoms with van der Waals surface area (Å²) in [5.41, 5.74) is 0.831. The minimum atomic E-state index is -0.146. The average Bonchev–Trinajstić information content (AvgIpc) is 3.18. The van der Waals surface area contributed by atoms with Crippen LogP contribution in [0.4, 0.5) is 0 Å². The molecule has 0 amide bonds. The number of hydrogen-bond acceptors (Lipinski definition) is 6. The number of hydrogen-bond donors (Lipinski definition) is 1. The molecule has 0 radical (unpaired) electrons. The molecule has 1 atom stereocenters. The van der Waals surface area contributed by atoms with Crippen LogP contribution in [-0.2, 0) is 16.1 Å². The Morgan fingerprint density at radius 2 is 2.17 bits per heavy atom. The van der Waals surface area contributed by atoms with Gasteiger partial charge in [-0.05, 0) is 44.0 Å². The fourth-order valence-corrected chi connectivity index (χ4v) is 3.28. The van der Waals surface area contributed by atoms with Crippen LogP contribution in [0.15, 0.2) is 33.8 Å². The summed E-state index contributed by atoms with van der Waals surface area (Å²) in [6.07, 6.45) is 1.74. The van der Waals surface area contributed by atoms with Gasteiger partial charge in [0.1, 0.15) is 0 Å². The summed E-state index contributed by atoms with van der Waals surface area (Å²) in [5, 5.41) is 7.88. The minimum absolute atomic E-state index is 0. The van der Waals surface area contributed by atoms with Gasteiger partial charge < -0.3 is 19.5 Å². The molecule has 158 valence electrons. The molecule has 1 fully saturated rings. The van der Waals surface area contributed by atoms with E-state index in [0.29, 0.717) is 42.4 Å². The molecule has 1 aromatic heterocycles. The summed E-state index contributed by atoms with van der Waals surface area (Å²) < 4.78 is 10.5. The zero-order valence-corrected chi connectivity index (χ0v) is 19.5. The third-order valence-electron chi connectivity index (χ3n) is 4.52. The molecule has 29 heavy (non-hydrogen) atoms. The second-order valence-corrected chi connectivity index (χ2v) is 6.89. The largest absolute Gasteiger partial charge is 0.466 e. The lowest BCUT2D eigenvalue weighted by Gasteiger charge is -2.33. The molecule has 0 spiro atoms. The number of guanidine groups is 1. The van der Waals surface area contributed by atoms with Crippen LogP contribution in [0.2, 0.25) is 5.02 Å². The lowest BCUT2D eigenvalue weighted by atomic mass is 9.98. The van der Waals surface area contributed by atoms with Crippen molar-refractivity contribution in [2.24, 2.45) is 10.9 Å². The van der Waals surface area contributed by atoms with E-state index in [4.69, 9.17) is 20.9 Å². The summed E-state index contributed by atoms with van der Waals surface area (Å²) in [6.45, 7) is 3.97. The number of nitrogens with one attached hydrogen (secondary N) is 1. The first kappa shape index (κ1) is 23.4. The van der Waals surface area contributed by atoms with Crippen molar-refractivity contribution >= 4 is 47.5 Å². The summed E-state index contributed by atoms with van der Waals surface area (Å²) in [5.74, 6) is 1.37. The first-order chi connectivity index (χ1) is 13.6. The van der Waals surface area contributed by atoms with Crippen LogP contribution in [0.1, 0.15) is 25.7 Å². The number of halogens is 2. The molecule has 2 heterocycles. The Morgan fingerprint density at radius 3 is 2.86 bits per heavy atom. The number of rotatable bonds is 5. The van der Waals surface area contributed by atoms with Gasteiger partial charge >= 0.3 is 5.97 Å². The van der Waals surface area contributed by atoms with Crippen LogP contribution >= 0.6 is 35.6 Å². The third kappa shape index (κ3) is 6.30. The van der Waals surface area contributed by atoms with Crippen molar-refractivity contribution in [3.63, 3.8) is 0 Å². The van der Waals surface area contributed by atoms with Crippen molar-refractivity contribution < 1.29 is 14.1 Å². The number of carbonyl (C=O) groups is 1. The number of carbonyl (C=O) groups excluding carboxylic acids is 1. The first-order valence-corrected chi connectivity index (χ1v) is 9.69. The molecule has 1 aromatic carbocycles. The van der Waals surface area contributed by atoms with Crippen molar-refractivity contribution in [2.75, 3.05) is 26.7 Å². The molecular formula is C19H25ClIN5O3. The number of piperidine rings is 1. The van der Waals surface area contributed by atoms with Crippen molar-refractivity contribution in [1.29, 1.82) is 0 Å². The molecule has 0 aliphatic carbocycles. The molecule has 0 bridgehead atoms. The maximum atomic E-state index is 12.0. The molecule has 1 saturated heterocycles. The Kier molecular flexibility index (Phi) is 9.15. The van der Waals surface area contributed by atoms with Gasteiger partial charge in [-0.2, -0.15) is 4.98 Å².